The molecule has 8 N–H and O–H groups in total. The fraction of sp³-hybridized carbons (Fsp3) is 0.495. The standard InChI is InChI=1S/2C20H23BN2O3.C19H19BF2N2O3.C18H23BN2O4S.C18H22BNO3/c2*24-20(12-4-1-2-5-12)23-14-8-13(9-14)16-10-21(25)26-18-11-22-17-7-3-6-15(17)19(16)18;21-19(22)6-11(7-19)18(25)24-12-4-10(5-12)14-8-20(26)27-16-9-23-15-3-1-2-13(15)17(14)16;1-3-26(23,24)21-8-7-12(2)15(11-21)14-9-19(22)25-17-10-20-16-6-4-5-13(16)18(14)17;1-2-22-13-8-6-12(7-9-13)15-10-19(21)23-17-11-20-16-5-3-4-14(16)18(15)17/h2*3,6,10-14,25H,1-2,4-5,7-9H2,(H,23,24);1-2,8-12,26H,3-7H2,(H,24,25);4-5,9-10,12,15,22H,3,6-8,11H2,1-2H3;3-4,10-13,21H,2,5-9H2,1H3. The Morgan fingerprint density at radius 1 is 0.445 bits per heavy atom. The first-order chi connectivity index (χ1) is 61.9. The molecule has 23 rings (SSSR count). The molecule has 2 atom stereocenters. The number of hydrogen-bond acceptors (Lipinski definition) is 21. The molecule has 666 valence electrons. The molecule has 0 spiro atoms. The molecule has 5 aromatic heterocycles. The van der Waals surface area contributed by atoms with E-state index in [1.54, 1.807) is 54.2 Å². The van der Waals surface area contributed by atoms with E-state index in [0.29, 0.717) is 71.6 Å². The second kappa shape index (κ2) is 37.0. The van der Waals surface area contributed by atoms with E-state index in [4.69, 9.17) is 28.0 Å². The lowest BCUT2D eigenvalue weighted by atomic mass is 9.67. The Labute approximate surface area is 747 Å². The van der Waals surface area contributed by atoms with E-state index >= 15 is 0 Å². The highest BCUT2D eigenvalue weighted by Gasteiger charge is 2.51. The number of halogens is 2. The molecule has 7 saturated carbocycles. The molecule has 3 amide bonds. The van der Waals surface area contributed by atoms with Crippen LogP contribution in [0.5, 0.6) is 28.7 Å². The zero-order valence-electron chi connectivity index (χ0n) is 72.7. The van der Waals surface area contributed by atoms with Gasteiger partial charge in [-0.25, -0.2) is 21.5 Å². The summed E-state index contributed by atoms with van der Waals surface area (Å²) in [5.74, 6) is 11.4. The van der Waals surface area contributed by atoms with Gasteiger partial charge >= 0.3 is 35.6 Å². The summed E-state index contributed by atoms with van der Waals surface area (Å²) < 4.78 is 85.9. The first-order valence-electron chi connectivity index (χ1n) is 46.6. The van der Waals surface area contributed by atoms with Crippen molar-refractivity contribution in [2.75, 3.05) is 25.4 Å². The van der Waals surface area contributed by atoms with Crippen molar-refractivity contribution in [3.63, 3.8) is 0 Å². The Hall–Kier alpha value is -9.59. The van der Waals surface area contributed by atoms with Crippen LogP contribution in [0.1, 0.15) is 240 Å². The number of amides is 3. The SMILES string of the molecule is CCOC1CCC(C2=CB(O)Oc3cnc4c(c32)C=CC4)CC1.CCS(=O)(=O)N1CCC(C)C(C2=CB(O)Oc3cnc4c(c32)C=CC4)C1.O=C(NC1CC(C2=CB(O)Oc3cnc4c(c32)C=CC4)C1)C1CC(F)(F)C1.O=C(NC1CC(C2=CB(O)Oc3cnc4c(c32)C=CC4)C1)C1CCCC1.O=C(NC1CC(C2=CB(O)Oc3cnc4c(c32)C=CC4)C1)C1CCCC1. The molecule has 0 radical (unpaired) electrons. The quantitative estimate of drug-likeness (QED) is 0.0451. The molecule has 11 heterocycles. The van der Waals surface area contributed by atoms with Gasteiger partial charge in [0.1, 0.15) is 28.7 Å². The highest BCUT2D eigenvalue weighted by atomic mass is 32.2. The van der Waals surface area contributed by atoms with E-state index in [1.807, 2.05) is 30.1 Å². The van der Waals surface area contributed by atoms with Crippen LogP contribution in [0.25, 0.3) is 58.2 Å². The van der Waals surface area contributed by atoms with Crippen LogP contribution in [0.3, 0.4) is 0 Å². The van der Waals surface area contributed by atoms with Crippen molar-refractivity contribution in [2.45, 2.75) is 218 Å². The van der Waals surface area contributed by atoms with Crippen molar-refractivity contribution in [1.82, 2.24) is 45.2 Å². The molecule has 2 unspecified atom stereocenters. The van der Waals surface area contributed by atoms with Gasteiger partial charge in [-0.15, -0.1) is 0 Å². The second-order valence-electron chi connectivity index (χ2n) is 37.6. The molecule has 1 saturated heterocycles. The predicted molar refractivity (Wildman–Crippen MR) is 489 cm³/mol. The number of ether oxygens (including phenoxy) is 1. The summed E-state index contributed by atoms with van der Waals surface area (Å²) in [6.07, 6.45) is 52.6. The molecule has 18 aliphatic rings. The van der Waals surface area contributed by atoms with Gasteiger partial charge < -0.3 is 69.1 Å². The number of piperidine rings is 1. The number of nitrogens with one attached hydrogen (secondary N) is 3. The van der Waals surface area contributed by atoms with Gasteiger partial charge in [0.05, 0.1) is 71.3 Å². The molecular formula is C95H110B5F2N9O16S. The zero-order chi connectivity index (χ0) is 88.4. The molecule has 6 aliphatic heterocycles. The first kappa shape index (κ1) is 87.7. The Bertz CT molecular complexity index is 5490. The van der Waals surface area contributed by atoms with E-state index < -0.39 is 57.5 Å². The summed E-state index contributed by atoms with van der Waals surface area (Å²) in [6, 6.07) is 0.497. The smallest absolute Gasteiger partial charge is 0.531 e. The number of rotatable bonds is 15. The summed E-state index contributed by atoms with van der Waals surface area (Å²) in [7, 11) is -7.99. The number of alkyl halides is 2. The lowest BCUT2D eigenvalue weighted by Gasteiger charge is -2.41. The van der Waals surface area contributed by atoms with Gasteiger partial charge in [-0.2, -0.15) is 0 Å². The topological polar surface area (TPSA) is 346 Å². The molecule has 5 aromatic rings. The van der Waals surface area contributed by atoms with Gasteiger partial charge in [0.15, 0.2) is 0 Å². The number of aromatic nitrogens is 5. The number of sulfonamides is 1. The van der Waals surface area contributed by atoms with Crippen LogP contribution in [-0.2, 0) is 61.2 Å². The van der Waals surface area contributed by atoms with Gasteiger partial charge in [-0.1, -0.05) is 93.4 Å². The summed E-state index contributed by atoms with van der Waals surface area (Å²) in [5.41, 5.74) is 21.5. The molecule has 33 heteroatoms. The fourth-order valence-corrected chi connectivity index (χ4v) is 23.4. The third-order valence-electron chi connectivity index (χ3n) is 29.4. The Balaban J connectivity index is 0.000000104. The average molecular weight is 1760 g/mol. The van der Waals surface area contributed by atoms with Crippen molar-refractivity contribution in [3.05, 3.63) is 175 Å². The largest absolute Gasteiger partial charge is 0.552 e. The van der Waals surface area contributed by atoms with Crippen LogP contribution < -0.4 is 39.2 Å². The van der Waals surface area contributed by atoms with E-state index in [9.17, 15) is 56.7 Å². The van der Waals surface area contributed by atoms with Crippen molar-refractivity contribution < 1.29 is 84.7 Å². The summed E-state index contributed by atoms with van der Waals surface area (Å²) in [5, 5.41) is 59.8. The number of allylic oxidation sites excluding steroid dienone is 9. The van der Waals surface area contributed by atoms with Gasteiger partial charge in [0.2, 0.25) is 33.7 Å². The Morgan fingerprint density at radius 3 is 1.06 bits per heavy atom. The predicted octanol–water partition coefficient (Wildman–Crippen LogP) is 12.2. The van der Waals surface area contributed by atoms with Crippen molar-refractivity contribution in [3.8, 4) is 28.7 Å². The minimum Gasteiger partial charge on any atom is -0.531 e. The molecule has 25 nitrogen and oxygen atoms in total. The maximum absolute atomic E-state index is 12.9. The van der Waals surface area contributed by atoms with E-state index in [0.717, 1.165) is 236 Å². The van der Waals surface area contributed by atoms with Crippen molar-refractivity contribution >= 4 is 122 Å². The minimum atomic E-state index is -3.23. The normalized spacial score (nSPS) is 26.5. The average Bonchev–Trinajstić information content (AvgIpc) is 1.41. The highest BCUT2D eigenvalue weighted by Crippen LogP contribution is 2.53. The number of carbonyl (C=O) groups excluding carboxylic acids is 3. The number of hydrogen-bond donors (Lipinski definition) is 8. The summed E-state index contributed by atoms with van der Waals surface area (Å²) in [6.45, 7) is 7.68. The Kier molecular flexibility index (Phi) is 25.3. The van der Waals surface area contributed by atoms with E-state index in [1.165, 1.54) is 36.8 Å². The first-order valence-corrected chi connectivity index (χ1v) is 48.2. The molecule has 12 aliphatic carbocycles. The van der Waals surface area contributed by atoms with Crippen LogP contribution in [0.4, 0.5) is 8.78 Å². The van der Waals surface area contributed by atoms with Crippen LogP contribution in [0.15, 0.2) is 91.2 Å². The monoisotopic (exact) mass is 1760 g/mol. The second-order valence-corrected chi connectivity index (χ2v) is 39.8. The zero-order valence-corrected chi connectivity index (χ0v) is 73.5. The van der Waals surface area contributed by atoms with Crippen molar-refractivity contribution in [2.24, 2.45) is 53.3 Å². The highest BCUT2D eigenvalue weighted by molar-refractivity contribution is 7.89. The third-order valence-corrected chi connectivity index (χ3v) is 31.2. The third kappa shape index (κ3) is 18.1. The van der Waals surface area contributed by atoms with Gasteiger partial charge in [-0.3, -0.25) is 39.3 Å². The van der Waals surface area contributed by atoms with Gasteiger partial charge in [0.25, 0.3) is 0 Å². The van der Waals surface area contributed by atoms with E-state index in [-0.39, 0.29) is 78.1 Å². The number of nitrogens with zero attached hydrogens (tertiary/aromatic N) is 6. The Morgan fingerprint density at radius 2 is 0.750 bits per heavy atom. The number of carbonyl (C=O) groups is 3. The minimum absolute atomic E-state index is 0.00788. The van der Waals surface area contributed by atoms with E-state index in [2.05, 4.69) is 103 Å². The molecular weight excluding hydrogens is 1650 g/mol. The fourth-order valence-electron chi connectivity index (χ4n) is 22.3. The molecule has 8 fully saturated rings. The molecule has 0 bridgehead atoms. The molecule has 0 aromatic carbocycles. The maximum Gasteiger partial charge on any atom is 0.552 e. The van der Waals surface area contributed by atoms with Crippen LogP contribution in [-0.4, -0.2) is 172 Å². The van der Waals surface area contributed by atoms with Gasteiger partial charge in [0, 0.05) is 162 Å². The summed E-state index contributed by atoms with van der Waals surface area (Å²) in [4.78, 5) is 59.0. The van der Waals surface area contributed by atoms with Gasteiger partial charge in [-0.05, 0) is 197 Å². The van der Waals surface area contributed by atoms with Crippen LogP contribution in [0.2, 0.25) is 0 Å². The lowest BCUT2D eigenvalue weighted by Crippen LogP contribution is -2.51. The lowest BCUT2D eigenvalue weighted by molar-refractivity contribution is -0.151. The van der Waals surface area contributed by atoms with Crippen LogP contribution in [0, 0.1) is 53.3 Å². The van der Waals surface area contributed by atoms with Crippen molar-refractivity contribution in [1.29, 1.82) is 0 Å². The van der Waals surface area contributed by atoms with Crippen LogP contribution >= 0.6 is 0 Å². The maximum atomic E-state index is 12.9. The summed E-state index contributed by atoms with van der Waals surface area (Å²) >= 11 is 0. The number of fused-ring (bicyclic) bond motifs is 15. The molecule has 128 heavy (non-hydrogen) atoms. The number of pyridine rings is 5.